The van der Waals surface area contributed by atoms with Gasteiger partial charge in [0.1, 0.15) is 0 Å². The number of aliphatic carboxylic acids is 1. The highest BCUT2D eigenvalue weighted by molar-refractivity contribution is 7.85. The molecule has 0 saturated heterocycles. The molecule has 0 bridgehead atoms. The SMILES string of the molecule is CCC(CC(C(=O)O)C1CCCC1CC(CC(C)C[N+](C)(C)CC)C(=O)NC(C)(C)CS(=O)(=O)O)C(N)=O. The first-order valence-electron chi connectivity index (χ1n) is 13.9. The number of rotatable bonds is 17. The number of carboxylic acids is 1. The van der Waals surface area contributed by atoms with Crippen molar-refractivity contribution in [3.05, 3.63) is 0 Å². The van der Waals surface area contributed by atoms with Gasteiger partial charge in [-0.05, 0) is 64.7 Å². The Kier molecular flexibility index (Phi) is 12.7. The van der Waals surface area contributed by atoms with Crippen LogP contribution < -0.4 is 11.1 Å². The Balaban J connectivity index is 3.21. The highest BCUT2D eigenvalue weighted by atomic mass is 32.2. The summed E-state index contributed by atoms with van der Waals surface area (Å²) in [6, 6.07) is 0. The smallest absolute Gasteiger partial charge is 0.306 e. The monoisotopic (exact) mass is 562 g/mol. The van der Waals surface area contributed by atoms with Gasteiger partial charge in [0.25, 0.3) is 10.1 Å². The van der Waals surface area contributed by atoms with E-state index < -0.39 is 51.0 Å². The summed E-state index contributed by atoms with van der Waals surface area (Å²) in [5.41, 5.74) is 4.35. The summed E-state index contributed by atoms with van der Waals surface area (Å²) in [4.78, 5) is 37.7. The third-order valence-electron chi connectivity index (χ3n) is 8.30. The zero-order chi connectivity index (χ0) is 29.5. The van der Waals surface area contributed by atoms with E-state index in [1.165, 1.54) is 0 Å². The number of carbonyl (C=O) groups excluding carboxylic acids is 2. The normalized spacial score (nSPS) is 21.9. The molecule has 5 N–H and O–H groups in total. The van der Waals surface area contributed by atoms with Crippen molar-refractivity contribution in [3.63, 3.8) is 0 Å². The predicted octanol–water partition coefficient (Wildman–Crippen LogP) is 2.92. The van der Waals surface area contributed by atoms with E-state index in [0.29, 0.717) is 25.7 Å². The van der Waals surface area contributed by atoms with Gasteiger partial charge in [0.2, 0.25) is 11.8 Å². The van der Waals surface area contributed by atoms with Crippen molar-refractivity contribution in [2.45, 2.75) is 85.1 Å². The minimum Gasteiger partial charge on any atom is -0.481 e. The van der Waals surface area contributed by atoms with Gasteiger partial charge in [-0.15, -0.1) is 0 Å². The Labute approximate surface area is 229 Å². The summed E-state index contributed by atoms with van der Waals surface area (Å²) in [5, 5.41) is 12.9. The summed E-state index contributed by atoms with van der Waals surface area (Å²) in [7, 11) is -0.0308. The Morgan fingerprint density at radius 1 is 1.11 bits per heavy atom. The van der Waals surface area contributed by atoms with Crippen LogP contribution in [0, 0.1) is 35.5 Å². The predicted molar refractivity (Wildman–Crippen MR) is 148 cm³/mol. The molecule has 6 unspecified atom stereocenters. The van der Waals surface area contributed by atoms with E-state index in [-0.39, 0.29) is 30.1 Å². The molecule has 0 radical (unpaired) electrons. The second-order valence-electron chi connectivity index (χ2n) is 12.9. The minimum atomic E-state index is -4.30. The van der Waals surface area contributed by atoms with Gasteiger partial charge in [-0.1, -0.05) is 26.7 Å². The summed E-state index contributed by atoms with van der Waals surface area (Å²) in [5.74, 6) is -3.97. The molecule has 1 aliphatic rings. The Morgan fingerprint density at radius 3 is 2.18 bits per heavy atom. The van der Waals surface area contributed by atoms with Crippen LogP contribution in [0.2, 0.25) is 0 Å². The largest absolute Gasteiger partial charge is 0.481 e. The number of amides is 2. The van der Waals surface area contributed by atoms with Gasteiger partial charge in [0.05, 0.1) is 44.4 Å². The van der Waals surface area contributed by atoms with Crippen molar-refractivity contribution in [3.8, 4) is 0 Å². The average molecular weight is 563 g/mol. The summed E-state index contributed by atoms with van der Waals surface area (Å²) < 4.78 is 33.1. The Hall–Kier alpha value is -1.72. The molecule has 1 saturated carbocycles. The molecule has 0 spiro atoms. The molecule has 1 rings (SSSR count). The zero-order valence-corrected chi connectivity index (χ0v) is 25.2. The van der Waals surface area contributed by atoms with Crippen LogP contribution in [0.15, 0.2) is 0 Å². The van der Waals surface area contributed by atoms with Crippen LogP contribution in [0.25, 0.3) is 0 Å². The number of nitrogens with two attached hydrogens (primary N) is 1. The van der Waals surface area contributed by atoms with Crippen LogP contribution in [0.1, 0.15) is 79.6 Å². The number of quaternary nitrogens is 1. The Morgan fingerprint density at radius 2 is 1.71 bits per heavy atom. The van der Waals surface area contributed by atoms with Crippen molar-refractivity contribution in [1.82, 2.24) is 5.32 Å². The second-order valence-corrected chi connectivity index (χ2v) is 14.3. The topological polar surface area (TPSA) is 164 Å². The molecule has 38 heavy (non-hydrogen) atoms. The van der Waals surface area contributed by atoms with Crippen molar-refractivity contribution in [2.24, 2.45) is 41.2 Å². The number of nitrogens with zero attached hydrogens (tertiary/aromatic N) is 1. The van der Waals surface area contributed by atoms with Crippen LogP contribution in [0.3, 0.4) is 0 Å². The number of hydrogen-bond donors (Lipinski definition) is 4. The third kappa shape index (κ3) is 11.6. The fraction of sp³-hybridized carbons (Fsp3) is 0.889. The van der Waals surface area contributed by atoms with Crippen LogP contribution >= 0.6 is 0 Å². The van der Waals surface area contributed by atoms with E-state index in [2.05, 4.69) is 33.3 Å². The first-order chi connectivity index (χ1) is 17.3. The van der Waals surface area contributed by atoms with Gasteiger partial charge in [0, 0.05) is 17.8 Å². The first kappa shape index (κ1) is 34.3. The number of hydrogen-bond acceptors (Lipinski definition) is 5. The Bertz CT molecular complexity index is 920. The second kappa shape index (κ2) is 14.1. The molecule has 2 amide bonds. The fourth-order valence-corrected chi connectivity index (χ4v) is 7.26. The number of carbonyl (C=O) groups is 3. The van der Waals surface area contributed by atoms with Crippen molar-refractivity contribution >= 4 is 27.9 Å². The zero-order valence-electron chi connectivity index (χ0n) is 24.4. The molecule has 0 aliphatic heterocycles. The van der Waals surface area contributed by atoms with Gasteiger partial charge >= 0.3 is 5.97 Å². The maximum atomic E-state index is 13.6. The van der Waals surface area contributed by atoms with Crippen LogP contribution in [0.4, 0.5) is 0 Å². The van der Waals surface area contributed by atoms with Crippen molar-refractivity contribution in [1.29, 1.82) is 0 Å². The third-order valence-corrected chi connectivity index (χ3v) is 9.38. The van der Waals surface area contributed by atoms with E-state index in [4.69, 9.17) is 5.73 Å². The maximum absolute atomic E-state index is 13.6. The van der Waals surface area contributed by atoms with E-state index in [1.807, 2.05) is 6.92 Å². The fourth-order valence-electron chi connectivity index (χ4n) is 6.27. The van der Waals surface area contributed by atoms with Gasteiger partial charge in [0.15, 0.2) is 0 Å². The molecule has 10 nitrogen and oxygen atoms in total. The number of nitrogens with one attached hydrogen (secondary N) is 1. The summed E-state index contributed by atoms with van der Waals surface area (Å²) in [6.45, 7) is 11.0. The quantitative estimate of drug-likeness (QED) is 0.156. The van der Waals surface area contributed by atoms with E-state index in [1.54, 1.807) is 13.8 Å². The van der Waals surface area contributed by atoms with Crippen LogP contribution in [0.5, 0.6) is 0 Å². The lowest BCUT2D eigenvalue weighted by Gasteiger charge is -2.35. The molecule has 1 aliphatic carbocycles. The molecule has 222 valence electrons. The van der Waals surface area contributed by atoms with Crippen molar-refractivity contribution < 1.29 is 36.9 Å². The minimum absolute atomic E-state index is 0.0113. The van der Waals surface area contributed by atoms with Gasteiger partial charge < -0.3 is 20.6 Å². The maximum Gasteiger partial charge on any atom is 0.306 e. The van der Waals surface area contributed by atoms with Crippen LogP contribution in [-0.2, 0) is 24.5 Å². The van der Waals surface area contributed by atoms with E-state index in [0.717, 1.165) is 30.4 Å². The highest BCUT2D eigenvalue weighted by Crippen LogP contribution is 2.44. The number of carboxylic acid groups (broad SMARTS) is 1. The molecule has 0 heterocycles. The molecule has 0 aromatic heterocycles. The standard InChI is InChI=1S/C27H51N3O7S/c1-8-19(24(28)31)15-23(26(33)34)22-12-10-11-20(22)14-21(13-18(3)16-30(6,7)9-2)25(32)29-27(4,5)17-38(35,36)37/h18-23H,8-17H2,1-7H3,(H4-,28,29,31,32,33,34,35,36,37)/p+1. The van der Waals surface area contributed by atoms with E-state index >= 15 is 0 Å². The number of primary amides is 1. The van der Waals surface area contributed by atoms with E-state index in [9.17, 15) is 32.5 Å². The lowest BCUT2D eigenvalue weighted by Crippen LogP contribution is -2.51. The summed E-state index contributed by atoms with van der Waals surface area (Å²) in [6.07, 6.45) is 4.10. The lowest BCUT2D eigenvalue weighted by molar-refractivity contribution is -0.891. The van der Waals surface area contributed by atoms with Gasteiger partial charge in [-0.25, -0.2) is 0 Å². The van der Waals surface area contributed by atoms with Gasteiger partial charge in [-0.2, -0.15) is 8.42 Å². The molecule has 0 aromatic rings. The molecule has 11 heteroatoms. The van der Waals surface area contributed by atoms with Crippen molar-refractivity contribution in [2.75, 3.05) is 32.9 Å². The molecular weight excluding hydrogens is 510 g/mol. The molecule has 0 aromatic carbocycles. The molecule has 1 fully saturated rings. The molecular formula is C27H52N3O7S+. The van der Waals surface area contributed by atoms with Crippen LogP contribution in [-0.4, -0.2) is 78.8 Å². The average Bonchev–Trinajstić information content (AvgIpc) is 3.18. The van der Waals surface area contributed by atoms with Gasteiger partial charge in [-0.3, -0.25) is 18.9 Å². The molecule has 6 atom stereocenters. The summed E-state index contributed by atoms with van der Waals surface area (Å²) >= 11 is 0. The lowest BCUT2D eigenvalue weighted by atomic mass is 9.74. The highest BCUT2D eigenvalue weighted by Gasteiger charge is 2.42. The first-order valence-corrected chi connectivity index (χ1v) is 15.5.